The number of halogens is 1. The first-order valence-electron chi connectivity index (χ1n) is 13.3. The first kappa shape index (κ1) is 28.7. The number of alkyl carbamates (subject to hydrolysis) is 1. The zero-order valence-corrected chi connectivity index (χ0v) is 23.0. The van der Waals surface area contributed by atoms with Crippen LogP contribution in [0.25, 0.3) is 10.8 Å². The van der Waals surface area contributed by atoms with Gasteiger partial charge in [0.15, 0.2) is 0 Å². The van der Waals surface area contributed by atoms with Gasteiger partial charge in [0, 0.05) is 51.0 Å². The molecule has 212 valence electrons. The van der Waals surface area contributed by atoms with Gasteiger partial charge in [0.25, 0.3) is 11.5 Å². The lowest BCUT2D eigenvalue weighted by Gasteiger charge is -2.35. The van der Waals surface area contributed by atoms with E-state index in [1.807, 2.05) is 6.07 Å². The van der Waals surface area contributed by atoms with Crippen LogP contribution in [0, 0.1) is 5.82 Å². The topological polar surface area (TPSA) is 125 Å². The zero-order chi connectivity index (χ0) is 28.9. The van der Waals surface area contributed by atoms with Gasteiger partial charge in [-0.15, -0.1) is 0 Å². The van der Waals surface area contributed by atoms with Crippen LogP contribution in [-0.2, 0) is 16.0 Å². The standard InChI is InChI=1S/C29H34FN5O5/c1-29(2,3)40-28(39)31-12-6-9-25(36)34-13-15-35(16-14-34)27(38)22-17-19(10-11-23(22)30)18-24-20-7-4-5-8-21(20)26(37)33-32-24/h4-5,7-8,10-11,17H,6,9,12-16,18H2,1-3H3,(H,31,39)(H,33,37). The number of nitrogens with zero attached hydrogens (tertiary/aromatic N) is 3. The fraction of sp³-hybridized carbons (Fsp3) is 0.414. The van der Waals surface area contributed by atoms with Gasteiger partial charge >= 0.3 is 6.09 Å². The Kier molecular flexibility index (Phi) is 8.81. The number of ether oxygens (including phenoxy) is 1. The molecule has 0 bridgehead atoms. The minimum absolute atomic E-state index is 0.0424. The molecule has 1 aliphatic rings. The number of piperazine rings is 1. The highest BCUT2D eigenvalue weighted by Crippen LogP contribution is 2.20. The van der Waals surface area contributed by atoms with Crippen LogP contribution in [0.2, 0.25) is 0 Å². The number of amides is 3. The highest BCUT2D eigenvalue weighted by atomic mass is 19.1. The largest absolute Gasteiger partial charge is 0.444 e. The van der Waals surface area contributed by atoms with E-state index in [0.717, 1.165) is 0 Å². The Morgan fingerprint density at radius 3 is 2.40 bits per heavy atom. The number of aromatic amines is 1. The molecule has 11 heteroatoms. The van der Waals surface area contributed by atoms with Gasteiger partial charge in [0.2, 0.25) is 5.91 Å². The van der Waals surface area contributed by atoms with Crippen LogP contribution in [0.5, 0.6) is 0 Å². The summed E-state index contributed by atoms with van der Waals surface area (Å²) in [4.78, 5) is 52.8. The van der Waals surface area contributed by atoms with Crippen molar-refractivity contribution in [1.29, 1.82) is 0 Å². The van der Waals surface area contributed by atoms with E-state index in [1.54, 1.807) is 54.8 Å². The van der Waals surface area contributed by atoms with Crippen molar-refractivity contribution in [2.75, 3.05) is 32.7 Å². The van der Waals surface area contributed by atoms with Crippen LogP contribution in [0.4, 0.5) is 9.18 Å². The molecule has 0 aliphatic carbocycles. The summed E-state index contributed by atoms with van der Waals surface area (Å²) < 4.78 is 19.9. The monoisotopic (exact) mass is 551 g/mol. The molecule has 4 rings (SSSR count). The zero-order valence-electron chi connectivity index (χ0n) is 23.0. The average Bonchev–Trinajstić information content (AvgIpc) is 2.92. The minimum atomic E-state index is -0.621. The number of carbonyl (C=O) groups is 3. The quantitative estimate of drug-likeness (QED) is 0.435. The molecule has 3 amide bonds. The molecule has 2 N–H and O–H groups in total. The second-order valence-electron chi connectivity index (χ2n) is 10.7. The van der Waals surface area contributed by atoms with Crippen LogP contribution in [-0.4, -0.2) is 76.2 Å². The third-order valence-electron chi connectivity index (χ3n) is 6.56. The summed E-state index contributed by atoms with van der Waals surface area (Å²) in [6.45, 7) is 6.92. The van der Waals surface area contributed by atoms with Crippen molar-refractivity contribution in [3.05, 3.63) is 75.5 Å². The third kappa shape index (κ3) is 7.22. The normalized spacial score (nSPS) is 13.8. The predicted molar refractivity (Wildman–Crippen MR) is 148 cm³/mol. The van der Waals surface area contributed by atoms with E-state index >= 15 is 0 Å². The van der Waals surface area contributed by atoms with Crippen LogP contribution < -0.4 is 10.9 Å². The molecule has 2 heterocycles. The van der Waals surface area contributed by atoms with Crippen molar-refractivity contribution in [2.45, 2.75) is 45.6 Å². The Morgan fingerprint density at radius 2 is 1.70 bits per heavy atom. The summed E-state index contributed by atoms with van der Waals surface area (Å²) in [7, 11) is 0. The number of carbonyl (C=O) groups excluding carboxylic acids is 3. The molecule has 0 radical (unpaired) electrons. The molecule has 1 saturated heterocycles. The number of aromatic nitrogens is 2. The summed E-state index contributed by atoms with van der Waals surface area (Å²) in [5, 5.41) is 10.5. The molecule has 10 nitrogen and oxygen atoms in total. The Morgan fingerprint density at radius 1 is 1.02 bits per heavy atom. The highest BCUT2D eigenvalue weighted by Gasteiger charge is 2.26. The van der Waals surface area contributed by atoms with Gasteiger partial charge in [-0.1, -0.05) is 24.3 Å². The van der Waals surface area contributed by atoms with E-state index in [0.29, 0.717) is 54.5 Å². The van der Waals surface area contributed by atoms with Crippen molar-refractivity contribution in [2.24, 2.45) is 0 Å². The minimum Gasteiger partial charge on any atom is -0.444 e. The Labute approximate surface area is 231 Å². The maximum atomic E-state index is 14.7. The molecule has 3 aromatic rings. The SMILES string of the molecule is CC(C)(C)OC(=O)NCCCC(=O)N1CCN(C(=O)c2cc(Cc3n[nH]c(=O)c4ccccc34)ccc2F)CC1. The highest BCUT2D eigenvalue weighted by molar-refractivity contribution is 5.95. The Bertz CT molecular complexity index is 1460. The average molecular weight is 552 g/mol. The number of hydrogen-bond acceptors (Lipinski definition) is 6. The number of nitrogens with one attached hydrogen (secondary N) is 2. The molecule has 1 aliphatic heterocycles. The number of fused-ring (bicyclic) bond motifs is 1. The van der Waals surface area contributed by atoms with Crippen molar-refractivity contribution in [3.63, 3.8) is 0 Å². The van der Waals surface area contributed by atoms with Crippen molar-refractivity contribution in [1.82, 2.24) is 25.3 Å². The van der Waals surface area contributed by atoms with Crippen LogP contribution >= 0.6 is 0 Å². The van der Waals surface area contributed by atoms with E-state index in [1.165, 1.54) is 12.1 Å². The first-order valence-corrected chi connectivity index (χ1v) is 13.3. The smallest absolute Gasteiger partial charge is 0.407 e. The second-order valence-corrected chi connectivity index (χ2v) is 10.7. The van der Waals surface area contributed by atoms with Crippen molar-refractivity contribution in [3.8, 4) is 0 Å². The lowest BCUT2D eigenvalue weighted by Crippen LogP contribution is -2.50. The molecule has 0 atom stereocenters. The number of benzene rings is 2. The third-order valence-corrected chi connectivity index (χ3v) is 6.56. The molecule has 0 spiro atoms. The van der Waals surface area contributed by atoms with Crippen LogP contribution in [0.1, 0.15) is 55.2 Å². The van der Waals surface area contributed by atoms with Crippen molar-refractivity contribution < 1.29 is 23.5 Å². The Balaban J connectivity index is 1.31. The number of H-pyrrole nitrogens is 1. The van der Waals surface area contributed by atoms with Gasteiger partial charge in [0.1, 0.15) is 11.4 Å². The summed E-state index contributed by atoms with van der Waals surface area (Å²) in [5.74, 6) is -1.12. The van der Waals surface area contributed by atoms with E-state index in [2.05, 4.69) is 15.5 Å². The number of hydrogen-bond donors (Lipinski definition) is 2. The maximum Gasteiger partial charge on any atom is 0.407 e. The predicted octanol–water partition coefficient (Wildman–Crippen LogP) is 3.24. The fourth-order valence-electron chi connectivity index (χ4n) is 4.58. The van der Waals surface area contributed by atoms with E-state index in [4.69, 9.17) is 4.74 Å². The molecule has 2 aromatic carbocycles. The molecular formula is C29H34FN5O5. The fourth-order valence-corrected chi connectivity index (χ4v) is 4.58. The maximum absolute atomic E-state index is 14.7. The van der Waals surface area contributed by atoms with E-state index in [-0.39, 0.29) is 36.5 Å². The molecule has 0 saturated carbocycles. The van der Waals surface area contributed by atoms with Crippen molar-refractivity contribution >= 4 is 28.7 Å². The summed E-state index contributed by atoms with van der Waals surface area (Å²) in [6.07, 6.45) is 0.512. The van der Waals surface area contributed by atoms with Gasteiger partial charge in [-0.2, -0.15) is 5.10 Å². The van der Waals surface area contributed by atoms with Gasteiger partial charge < -0.3 is 19.9 Å². The summed E-state index contributed by atoms with van der Waals surface area (Å²) in [6, 6.07) is 11.5. The van der Waals surface area contributed by atoms with E-state index in [9.17, 15) is 23.6 Å². The lowest BCUT2D eigenvalue weighted by molar-refractivity contribution is -0.132. The Hall–Kier alpha value is -4.28. The molecule has 0 unspecified atom stereocenters. The molecule has 40 heavy (non-hydrogen) atoms. The van der Waals surface area contributed by atoms with Gasteiger partial charge in [-0.3, -0.25) is 14.4 Å². The lowest BCUT2D eigenvalue weighted by atomic mass is 10.0. The second kappa shape index (κ2) is 12.3. The molecule has 1 aromatic heterocycles. The molecule has 1 fully saturated rings. The molecular weight excluding hydrogens is 517 g/mol. The van der Waals surface area contributed by atoms with Gasteiger partial charge in [-0.05, 0) is 51.0 Å². The summed E-state index contributed by atoms with van der Waals surface area (Å²) in [5.41, 5.74) is 0.386. The van der Waals surface area contributed by atoms with Crippen LogP contribution in [0.3, 0.4) is 0 Å². The van der Waals surface area contributed by atoms with Gasteiger partial charge in [0.05, 0.1) is 16.6 Å². The summed E-state index contributed by atoms with van der Waals surface area (Å²) >= 11 is 0. The van der Waals surface area contributed by atoms with Gasteiger partial charge in [-0.25, -0.2) is 14.3 Å². The number of rotatable bonds is 7. The van der Waals surface area contributed by atoms with Crippen LogP contribution in [0.15, 0.2) is 47.3 Å². The first-order chi connectivity index (χ1) is 19.0. The van der Waals surface area contributed by atoms with E-state index < -0.39 is 23.4 Å².